The first-order valence-electron chi connectivity index (χ1n) is 12.9. The maximum atomic E-state index is 15.2. The zero-order valence-corrected chi connectivity index (χ0v) is 22.8. The highest BCUT2D eigenvalue weighted by atomic mass is 19.1. The van der Waals surface area contributed by atoms with Crippen LogP contribution in [0.2, 0.25) is 0 Å². The van der Waals surface area contributed by atoms with Crippen LogP contribution < -0.4 is 21.3 Å². The molecule has 1 N–H and O–H groups in total. The van der Waals surface area contributed by atoms with Crippen molar-refractivity contribution in [1.29, 1.82) is 0 Å². The van der Waals surface area contributed by atoms with E-state index >= 15 is 4.39 Å². The Bertz CT molecular complexity index is 1960. The Morgan fingerprint density at radius 1 is 0.976 bits per heavy atom. The summed E-state index contributed by atoms with van der Waals surface area (Å²) < 4.78 is 38.0. The molecule has 0 spiro atoms. The van der Waals surface area contributed by atoms with Crippen LogP contribution in [-0.4, -0.2) is 30.4 Å². The van der Waals surface area contributed by atoms with Crippen molar-refractivity contribution in [2.45, 2.75) is 33.2 Å². The second-order valence-corrected chi connectivity index (χ2v) is 9.85. The molecule has 0 saturated carbocycles. The van der Waals surface area contributed by atoms with E-state index in [9.17, 15) is 23.6 Å². The third kappa shape index (κ3) is 5.59. The van der Waals surface area contributed by atoms with E-state index in [0.29, 0.717) is 11.2 Å². The highest BCUT2D eigenvalue weighted by molar-refractivity contribution is 5.97. The van der Waals surface area contributed by atoms with E-state index in [1.165, 1.54) is 58.7 Å². The van der Waals surface area contributed by atoms with Gasteiger partial charge in [-0.05, 0) is 61.9 Å². The number of hydrogen-bond donors (Lipinski definition) is 1. The van der Waals surface area contributed by atoms with Crippen molar-refractivity contribution in [3.63, 3.8) is 0 Å². The Morgan fingerprint density at radius 3 is 2.38 bits per heavy atom. The molecule has 10 nitrogen and oxygen atoms in total. The number of aromatic nitrogens is 4. The molecule has 1 amide bonds. The molecule has 3 heterocycles. The molecular formula is C30H25F2N5O5. The van der Waals surface area contributed by atoms with Crippen molar-refractivity contribution >= 4 is 22.9 Å². The lowest BCUT2D eigenvalue weighted by atomic mass is 10.0. The van der Waals surface area contributed by atoms with Crippen molar-refractivity contribution in [3.8, 4) is 17.2 Å². The standard InChI is InChI=1S/C30H25F2N5O5/c1-17(2)35-16-23(29(40)37(30(35)41)22-7-5-20(31)6-8-22)26(39)13-19-4-9-27(24(32)12-19)42-28-14-21(34-18(3)38)15-36-25(28)10-11-33-36/h4-12,14-17H,13H2,1-3H3,(H,34,38). The molecule has 42 heavy (non-hydrogen) atoms. The lowest BCUT2D eigenvalue weighted by molar-refractivity contribution is -0.114. The van der Waals surface area contributed by atoms with Gasteiger partial charge >= 0.3 is 5.69 Å². The summed E-state index contributed by atoms with van der Waals surface area (Å²) in [5, 5.41) is 6.77. The van der Waals surface area contributed by atoms with Crippen molar-refractivity contribution in [1.82, 2.24) is 18.7 Å². The number of amides is 1. The van der Waals surface area contributed by atoms with Gasteiger partial charge in [0.1, 0.15) is 16.9 Å². The Kier molecular flexibility index (Phi) is 7.53. The van der Waals surface area contributed by atoms with Crippen LogP contribution in [0.5, 0.6) is 11.5 Å². The summed E-state index contributed by atoms with van der Waals surface area (Å²) in [7, 11) is 0. The number of ketones is 1. The van der Waals surface area contributed by atoms with Crippen LogP contribution in [0.3, 0.4) is 0 Å². The third-order valence-electron chi connectivity index (χ3n) is 6.43. The Morgan fingerprint density at radius 2 is 1.71 bits per heavy atom. The Labute approximate surface area is 237 Å². The third-order valence-corrected chi connectivity index (χ3v) is 6.43. The van der Waals surface area contributed by atoms with Crippen molar-refractivity contribution in [2.24, 2.45) is 0 Å². The second-order valence-electron chi connectivity index (χ2n) is 9.85. The lowest BCUT2D eigenvalue weighted by Gasteiger charge is -2.15. The minimum Gasteiger partial charge on any atom is -0.452 e. The molecule has 214 valence electrons. The number of carbonyl (C=O) groups is 2. The van der Waals surface area contributed by atoms with Crippen LogP contribution >= 0.6 is 0 Å². The summed E-state index contributed by atoms with van der Waals surface area (Å²) in [5.41, 5.74) is -0.519. The minimum absolute atomic E-state index is 0.109. The van der Waals surface area contributed by atoms with Gasteiger partial charge in [0.25, 0.3) is 5.56 Å². The maximum absolute atomic E-state index is 15.2. The topological polar surface area (TPSA) is 117 Å². The molecule has 0 aliphatic rings. The average molecular weight is 574 g/mol. The van der Waals surface area contributed by atoms with E-state index in [2.05, 4.69) is 10.4 Å². The van der Waals surface area contributed by atoms with Crippen LogP contribution in [0.25, 0.3) is 11.2 Å². The number of nitrogens with zero attached hydrogens (tertiary/aromatic N) is 4. The molecule has 0 aliphatic heterocycles. The number of rotatable bonds is 8. The summed E-state index contributed by atoms with van der Waals surface area (Å²) in [4.78, 5) is 51.2. The predicted octanol–water partition coefficient (Wildman–Crippen LogP) is 4.68. The molecule has 0 aliphatic carbocycles. The van der Waals surface area contributed by atoms with Gasteiger partial charge in [-0.25, -0.2) is 22.7 Å². The molecular weight excluding hydrogens is 548 g/mol. The fraction of sp³-hybridized carbons (Fsp3) is 0.167. The molecule has 0 unspecified atom stereocenters. The number of nitrogens with one attached hydrogen (secondary N) is 1. The van der Waals surface area contributed by atoms with Crippen molar-refractivity contribution in [2.75, 3.05) is 5.32 Å². The van der Waals surface area contributed by atoms with E-state index < -0.39 is 34.7 Å². The van der Waals surface area contributed by atoms with Crippen LogP contribution in [0.1, 0.15) is 42.7 Å². The molecule has 2 aromatic carbocycles. The van der Waals surface area contributed by atoms with Crippen LogP contribution in [0.4, 0.5) is 14.5 Å². The molecule has 0 radical (unpaired) electrons. The second kappa shape index (κ2) is 11.2. The molecule has 0 bridgehead atoms. The van der Waals surface area contributed by atoms with Gasteiger partial charge < -0.3 is 10.1 Å². The Balaban J connectivity index is 1.45. The van der Waals surface area contributed by atoms with E-state index in [1.807, 2.05) is 0 Å². The minimum atomic E-state index is -0.863. The number of Topliss-reactive ketones (excluding diaryl/α,β-unsaturated/α-hetero) is 1. The van der Waals surface area contributed by atoms with Crippen molar-refractivity contribution < 1.29 is 23.1 Å². The van der Waals surface area contributed by atoms with Crippen LogP contribution in [0, 0.1) is 11.6 Å². The summed E-state index contributed by atoms with van der Waals surface area (Å²) in [5.74, 6) is -2.16. The van der Waals surface area contributed by atoms with Gasteiger partial charge in [-0.1, -0.05) is 6.07 Å². The van der Waals surface area contributed by atoms with Gasteiger partial charge in [0, 0.05) is 31.6 Å². The summed E-state index contributed by atoms with van der Waals surface area (Å²) in [6.45, 7) is 4.78. The number of anilines is 1. The molecule has 0 fully saturated rings. The molecule has 5 rings (SSSR count). The summed E-state index contributed by atoms with van der Waals surface area (Å²) >= 11 is 0. The van der Waals surface area contributed by atoms with Gasteiger partial charge in [0.05, 0.1) is 23.8 Å². The number of fused-ring (bicyclic) bond motifs is 1. The number of carbonyl (C=O) groups excluding carboxylic acids is 2. The van der Waals surface area contributed by atoms with E-state index in [-0.39, 0.29) is 40.6 Å². The van der Waals surface area contributed by atoms with Crippen LogP contribution in [0.15, 0.2) is 82.8 Å². The van der Waals surface area contributed by atoms with E-state index in [0.717, 1.165) is 22.8 Å². The monoisotopic (exact) mass is 573 g/mol. The molecule has 3 aromatic heterocycles. The molecule has 12 heteroatoms. The van der Waals surface area contributed by atoms with Gasteiger partial charge in [-0.15, -0.1) is 0 Å². The van der Waals surface area contributed by atoms with Gasteiger partial charge in [0.2, 0.25) is 5.91 Å². The smallest absolute Gasteiger partial charge is 0.335 e. The lowest BCUT2D eigenvalue weighted by Crippen LogP contribution is -2.42. The first kappa shape index (κ1) is 28.1. The number of halogens is 2. The molecule has 5 aromatic rings. The first-order valence-corrected chi connectivity index (χ1v) is 12.9. The summed E-state index contributed by atoms with van der Waals surface area (Å²) in [6.07, 6.45) is 3.97. The zero-order valence-electron chi connectivity index (χ0n) is 22.8. The van der Waals surface area contributed by atoms with Gasteiger partial charge in [-0.3, -0.25) is 19.0 Å². The zero-order chi connectivity index (χ0) is 30.1. The Hall–Kier alpha value is -5.39. The number of hydrogen-bond acceptors (Lipinski definition) is 6. The number of benzene rings is 2. The summed E-state index contributed by atoms with van der Waals surface area (Å²) in [6, 6.07) is 11.5. The van der Waals surface area contributed by atoms with Gasteiger partial charge in [-0.2, -0.15) is 5.10 Å². The first-order chi connectivity index (χ1) is 20.0. The highest BCUT2D eigenvalue weighted by Crippen LogP contribution is 2.31. The maximum Gasteiger partial charge on any atom is 0.335 e. The number of pyridine rings is 1. The van der Waals surface area contributed by atoms with E-state index in [1.54, 1.807) is 26.1 Å². The molecule has 0 saturated heterocycles. The van der Waals surface area contributed by atoms with Crippen molar-refractivity contribution in [3.05, 3.63) is 117 Å². The molecule has 0 atom stereocenters. The fourth-order valence-electron chi connectivity index (χ4n) is 4.44. The van der Waals surface area contributed by atoms with E-state index in [4.69, 9.17) is 4.74 Å². The predicted molar refractivity (Wildman–Crippen MR) is 151 cm³/mol. The van der Waals surface area contributed by atoms with Gasteiger partial charge in [0.15, 0.2) is 23.1 Å². The quantitative estimate of drug-likeness (QED) is 0.270. The average Bonchev–Trinajstić information content (AvgIpc) is 3.40. The fourth-order valence-corrected chi connectivity index (χ4v) is 4.44. The highest BCUT2D eigenvalue weighted by Gasteiger charge is 2.21. The van der Waals surface area contributed by atoms with Crippen LogP contribution in [-0.2, 0) is 11.2 Å². The largest absolute Gasteiger partial charge is 0.452 e. The SMILES string of the molecule is CC(=O)Nc1cc(Oc2ccc(CC(=O)c3cn(C(C)C)c(=O)n(-c4ccc(F)cc4)c3=O)cc2F)c2ccnn2c1. The number of ether oxygens (including phenoxy) is 1. The normalized spacial score (nSPS) is 11.2.